The Morgan fingerprint density at radius 2 is 1.87 bits per heavy atom. The van der Waals surface area contributed by atoms with Crippen molar-refractivity contribution in [3.8, 4) is 6.07 Å². The van der Waals surface area contributed by atoms with Crippen LogP contribution in [-0.2, 0) is 18.3 Å². The summed E-state index contributed by atoms with van der Waals surface area (Å²) >= 11 is 0. The lowest BCUT2D eigenvalue weighted by atomic mass is 9.65. The first-order valence-electron chi connectivity index (χ1n) is 5.88. The van der Waals surface area contributed by atoms with Crippen LogP contribution in [0.25, 0.3) is 0 Å². The second kappa shape index (κ2) is 3.10. The van der Waals surface area contributed by atoms with E-state index in [0.717, 1.165) is 12.8 Å². The van der Waals surface area contributed by atoms with Crippen LogP contribution in [0.2, 0.25) is 0 Å². The van der Waals surface area contributed by atoms with Gasteiger partial charge in [-0.3, -0.25) is 0 Å². The lowest BCUT2D eigenvalue weighted by molar-refractivity contribution is 0.324. The zero-order chi connectivity index (χ0) is 10.3. The third-order valence-electron chi connectivity index (χ3n) is 4.07. The average molecular weight is 197 g/mol. The Bertz CT molecular complexity index is 435. The Morgan fingerprint density at radius 3 is 2.53 bits per heavy atom. The molecule has 0 unspecified atom stereocenters. The Balaban J connectivity index is 2.03. The van der Waals surface area contributed by atoms with Gasteiger partial charge in [-0.2, -0.15) is 5.26 Å². The SMILES string of the molecule is N#CC1(c2ccc3c(c2)CCC3)CCC1. The standard InChI is InChI=1S/C14H15N/c15-10-14(7-2-8-14)13-6-5-11-3-1-4-12(11)9-13/h5-6,9H,1-4,7-8H2. The van der Waals surface area contributed by atoms with Crippen LogP contribution in [0.4, 0.5) is 0 Å². The number of rotatable bonds is 1. The molecule has 1 saturated carbocycles. The molecule has 0 atom stereocenters. The number of nitrogens with zero attached hydrogens (tertiary/aromatic N) is 1. The molecule has 0 spiro atoms. The molecule has 0 N–H and O–H groups in total. The van der Waals surface area contributed by atoms with Crippen molar-refractivity contribution in [1.29, 1.82) is 5.26 Å². The van der Waals surface area contributed by atoms with Gasteiger partial charge in [0, 0.05) is 0 Å². The summed E-state index contributed by atoms with van der Waals surface area (Å²) in [5.41, 5.74) is 4.15. The number of nitriles is 1. The summed E-state index contributed by atoms with van der Waals surface area (Å²) < 4.78 is 0. The van der Waals surface area contributed by atoms with Crippen molar-refractivity contribution in [3.63, 3.8) is 0 Å². The largest absolute Gasteiger partial charge is 0.197 e. The minimum atomic E-state index is -0.127. The van der Waals surface area contributed by atoms with Crippen molar-refractivity contribution >= 4 is 0 Å². The maximum absolute atomic E-state index is 9.29. The molecule has 0 aliphatic heterocycles. The second-order valence-corrected chi connectivity index (χ2v) is 4.88. The number of aryl methyl sites for hydroxylation is 2. The number of benzene rings is 1. The molecule has 0 radical (unpaired) electrons. The van der Waals surface area contributed by atoms with E-state index in [9.17, 15) is 5.26 Å². The molecule has 0 amide bonds. The molecular formula is C14H15N. The summed E-state index contributed by atoms with van der Waals surface area (Å²) in [6.07, 6.45) is 7.06. The lowest BCUT2D eigenvalue weighted by Crippen LogP contribution is -2.32. The van der Waals surface area contributed by atoms with Crippen LogP contribution in [-0.4, -0.2) is 0 Å². The first-order chi connectivity index (χ1) is 7.34. The third kappa shape index (κ3) is 1.21. The van der Waals surface area contributed by atoms with E-state index in [-0.39, 0.29) is 5.41 Å². The van der Waals surface area contributed by atoms with Crippen LogP contribution in [0.5, 0.6) is 0 Å². The van der Waals surface area contributed by atoms with Crippen LogP contribution in [0.3, 0.4) is 0 Å². The van der Waals surface area contributed by atoms with Gasteiger partial charge in [0.1, 0.15) is 0 Å². The maximum atomic E-state index is 9.29. The summed E-state index contributed by atoms with van der Waals surface area (Å²) in [7, 11) is 0. The third-order valence-corrected chi connectivity index (χ3v) is 4.07. The molecule has 0 heterocycles. The summed E-state index contributed by atoms with van der Waals surface area (Å²) in [6.45, 7) is 0. The predicted octanol–water partition coefficient (Wildman–Crippen LogP) is 3.12. The van der Waals surface area contributed by atoms with Crippen molar-refractivity contribution in [2.24, 2.45) is 0 Å². The van der Waals surface area contributed by atoms with E-state index >= 15 is 0 Å². The average Bonchev–Trinajstić information content (AvgIpc) is 2.64. The number of fused-ring (bicyclic) bond motifs is 1. The van der Waals surface area contributed by atoms with E-state index in [1.165, 1.54) is 42.4 Å². The van der Waals surface area contributed by atoms with E-state index in [4.69, 9.17) is 0 Å². The first kappa shape index (κ1) is 8.97. The molecular weight excluding hydrogens is 182 g/mol. The van der Waals surface area contributed by atoms with Crippen LogP contribution < -0.4 is 0 Å². The summed E-state index contributed by atoms with van der Waals surface area (Å²) in [5, 5.41) is 9.29. The Hall–Kier alpha value is -1.29. The highest BCUT2D eigenvalue weighted by Gasteiger charge is 2.39. The molecule has 1 aromatic rings. The molecule has 76 valence electrons. The number of hydrogen-bond donors (Lipinski definition) is 0. The fraction of sp³-hybridized carbons (Fsp3) is 0.500. The van der Waals surface area contributed by atoms with E-state index in [1.54, 1.807) is 0 Å². The van der Waals surface area contributed by atoms with Gasteiger partial charge in [-0.05, 0) is 55.2 Å². The van der Waals surface area contributed by atoms with Gasteiger partial charge in [-0.15, -0.1) is 0 Å². The van der Waals surface area contributed by atoms with Crippen molar-refractivity contribution in [2.75, 3.05) is 0 Å². The molecule has 0 bridgehead atoms. The number of hydrogen-bond acceptors (Lipinski definition) is 1. The van der Waals surface area contributed by atoms with Crippen LogP contribution in [0.1, 0.15) is 42.4 Å². The first-order valence-corrected chi connectivity index (χ1v) is 5.88. The van der Waals surface area contributed by atoms with Gasteiger partial charge in [0.2, 0.25) is 0 Å². The van der Waals surface area contributed by atoms with Crippen LogP contribution >= 0.6 is 0 Å². The lowest BCUT2D eigenvalue weighted by Gasteiger charge is -2.35. The van der Waals surface area contributed by atoms with Gasteiger partial charge < -0.3 is 0 Å². The minimum absolute atomic E-state index is 0.127. The van der Waals surface area contributed by atoms with E-state index in [2.05, 4.69) is 24.3 Å². The molecule has 3 rings (SSSR count). The van der Waals surface area contributed by atoms with E-state index in [1.807, 2.05) is 0 Å². The highest BCUT2D eigenvalue weighted by Crippen LogP contribution is 2.44. The molecule has 0 saturated heterocycles. The summed E-state index contributed by atoms with van der Waals surface area (Å²) in [6, 6.07) is 9.25. The normalized spacial score (nSPS) is 21.5. The molecule has 1 fully saturated rings. The highest BCUT2D eigenvalue weighted by atomic mass is 14.4. The highest BCUT2D eigenvalue weighted by molar-refractivity contribution is 5.42. The Kier molecular flexibility index (Phi) is 1.85. The minimum Gasteiger partial charge on any atom is -0.197 e. The quantitative estimate of drug-likeness (QED) is 0.678. The van der Waals surface area contributed by atoms with Gasteiger partial charge in [-0.25, -0.2) is 0 Å². The Labute approximate surface area is 90.7 Å². The smallest absolute Gasteiger partial charge is 0.0822 e. The topological polar surface area (TPSA) is 23.8 Å². The fourth-order valence-electron chi connectivity index (χ4n) is 2.86. The molecule has 1 heteroatoms. The monoisotopic (exact) mass is 197 g/mol. The zero-order valence-corrected chi connectivity index (χ0v) is 8.92. The van der Waals surface area contributed by atoms with Crippen LogP contribution in [0, 0.1) is 11.3 Å². The van der Waals surface area contributed by atoms with Gasteiger partial charge in [0.15, 0.2) is 0 Å². The second-order valence-electron chi connectivity index (χ2n) is 4.88. The Morgan fingerprint density at radius 1 is 1.07 bits per heavy atom. The van der Waals surface area contributed by atoms with Crippen molar-refractivity contribution in [2.45, 2.75) is 43.9 Å². The van der Waals surface area contributed by atoms with Gasteiger partial charge in [0.05, 0.1) is 11.5 Å². The molecule has 1 aromatic carbocycles. The van der Waals surface area contributed by atoms with E-state index in [0.29, 0.717) is 0 Å². The molecule has 1 nitrogen and oxygen atoms in total. The molecule has 2 aliphatic carbocycles. The van der Waals surface area contributed by atoms with E-state index < -0.39 is 0 Å². The predicted molar refractivity (Wildman–Crippen MR) is 59.6 cm³/mol. The van der Waals surface area contributed by atoms with Crippen molar-refractivity contribution in [1.82, 2.24) is 0 Å². The van der Waals surface area contributed by atoms with Crippen molar-refractivity contribution < 1.29 is 0 Å². The van der Waals surface area contributed by atoms with Crippen molar-refractivity contribution in [3.05, 3.63) is 34.9 Å². The summed E-state index contributed by atoms with van der Waals surface area (Å²) in [5.74, 6) is 0. The summed E-state index contributed by atoms with van der Waals surface area (Å²) in [4.78, 5) is 0. The fourth-order valence-corrected chi connectivity index (χ4v) is 2.86. The van der Waals surface area contributed by atoms with Gasteiger partial charge >= 0.3 is 0 Å². The van der Waals surface area contributed by atoms with Gasteiger partial charge in [-0.1, -0.05) is 18.2 Å². The molecule has 2 aliphatic rings. The zero-order valence-electron chi connectivity index (χ0n) is 8.92. The van der Waals surface area contributed by atoms with Crippen LogP contribution in [0.15, 0.2) is 18.2 Å². The molecule has 0 aromatic heterocycles. The molecule has 15 heavy (non-hydrogen) atoms. The van der Waals surface area contributed by atoms with Gasteiger partial charge in [0.25, 0.3) is 0 Å². The maximum Gasteiger partial charge on any atom is 0.0822 e.